The van der Waals surface area contributed by atoms with E-state index in [0.717, 1.165) is 43.5 Å². The Balaban J connectivity index is 1.49. The average molecular weight is 364 g/mol. The molecule has 1 atom stereocenters. The maximum Gasteiger partial charge on any atom is 0.335 e. The summed E-state index contributed by atoms with van der Waals surface area (Å²) in [6.45, 7) is 1.43. The van der Waals surface area contributed by atoms with Crippen molar-refractivity contribution < 1.29 is 14.7 Å². The third-order valence-corrected chi connectivity index (χ3v) is 5.75. The van der Waals surface area contributed by atoms with Crippen LogP contribution in [0.25, 0.3) is 0 Å². The highest BCUT2D eigenvalue weighted by Gasteiger charge is 2.26. The van der Waals surface area contributed by atoms with Crippen molar-refractivity contribution in [2.45, 2.75) is 44.4 Å². The predicted octanol–water partition coefficient (Wildman–Crippen LogP) is 3.68. The fraction of sp³-hybridized carbons (Fsp3) is 0.409. The molecule has 0 unspecified atom stereocenters. The lowest BCUT2D eigenvalue weighted by atomic mass is 9.89. The molecule has 2 heterocycles. The molecule has 1 aromatic heterocycles. The number of amides is 1. The highest BCUT2D eigenvalue weighted by Crippen LogP contribution is 2.28. The molecule has 140 valence electrons. The van der Waals surface area contributed by atoms with Crippen molar-refractivity contribution >= 4 is 11.9 Å². The van der Waals surface area contributed by atoms with E-state index >= 15 is 0 Å². The zero-order valence-electron chi connectivity index (χ0n) is 15.4. The Labute approximate surface area is 159 Å². The summed E-state index contributed by atoms with van der Waals surface area (Å²) in [5.41, 5.74) is 4.46. The molecule has 0 bridgehead atoms. The maximum absolute atomic E-state index is 13.0. The molecule has 1 amide bonds. The van der Waals surface area contributed by atoms with E-state index in [1.807, 2.05) is 23.1 Å². The number of hydrogen-bond acceptors (Lipinski definition) is 3. The molecule has 1 fully saturated rings. The summed E-state index contributed by atoms with van der Waals surface area (Å²) in [5.74, 6) is -0.610. The number of carboxylic acids is 1. The fourth-order valence-electron chi connectivity index (χ4n) is 4.22. The normalized spacial score (nSPS) is 19.4. The molecule has 27 heavy (non-hydrogen) atoms. The molecule has 1 saturated heterocycles. The van der Waals surface area contributed by atoms with Gasteiger partial charge in [0.2, 0.25) is 0 Å². The number of pyridine rings is 1. The monoisotopic (exact) mass is 364 g/mol. The molecule has 2 aromatic rings. The number of carbonyl (C=O) groups is 2. The first-order valence-electron chi connectivity index (χ1n) is 9.72. The summed E-state index contributed by atoms with van der Waals surface area (Å²) in [5, 5.41) is 9.05. The summed E-state index contributed by atoms with van der Waals surface area (Å²) in [6.07, 6.45) is 8.09. The van der Waals surface area contributed by atoms with Crippen LogP contribution in [0.1, 0.15) is 69.1 Å². The second kappa shape index (κ2) is 7.51. The Morgan fingerprint density at radius 1 is 1.04 bits per heavy atom. The number of hydrogen-bond donors (Lipinski definition) is 1. The Morgan fingerprint density at radius 2 is 1.81 bits per heavy atom. The van der Waals surface area contributed by atoms with Crippen LogP contribution in [-0.4, -0.2) is 40.0 Å². The van der Waals surface area contributed by atoms with Crippen LogP contribution >= 0.6 is 0 Å². The van der Waals surface area contributed by atoms with E-state index in [1.165, 1.54) is 18.4 Å². The number of nitrogens with zero attached hydrogens (tertiary/aromatic N) is 2. The Hall–Kier alpha value is -2.69. The van der Waals surface area contributed by atoms with Gasteiger partial charge in [0.25, 0.3) is 5.91 Å². The van der Waals surface area contributed by atoms with Crippen LogP contribution in [0.5, 0.6) is 0 Å². The largest absolute Gasteiger partial charge is 0.478 e. The van der Waals surface area contributed by atoms with Crippen LogP contribution < -0.4 is 0 Å². The Kier molecular flexibility index (Phi) is 4.92. The second-order valence-electron chi connectivity index (χ2n) is 7.55. The molecule has 1 aliphatic heterocycles. The number of benzene rings is 1. The van der Waals surface area contributed by atoms with Crippen molar-refractivity contribution in [3.63, 3.8) is 0 Å². The van der Waals surface area contributed by atoms with Crippen molar-refractivity contribution in [3.8, 4) is 0 Å². The van der Waals surface area contributed by atoms with Gasteiger partial charge in [-0.25, -0.2) is 4.79 Å². The van der Waals surface area contributed by atoms with E-state index in [1.54, 1.807) is 18.3 Å². The summed E-state index contributed by atoms with van der Waals surface area (Å²) in [4.78, 5) is 30.5. The lowest BCUT2D eigenvalue weighted by Crippen LogP contribution is -2.39. The quantitative estimate of drug-likeness (QED) is 0.902. The van der Waals surface area contributed by atoms with Crippen LogP contribution in [0.2, 0.25) is 0 Å². The number of carbonyl (C=O) groups excluding carboxylic acids is 1. The zero-order chi connectivity index (χ0) is 18.8. The van der Waals surface area contributed by atoms with Gasteiger partial charge in [0.1, 0.15) is 0 Å². The van der Waals surface area contributed by atoms with Crippen LogP contribution in [0.15, 0.2) is 36.5 Å². The first kappa shape index (κ1) is 17.7. The highest BCUT2D eigenvalue weighted by molar-refractivity contribution is 5.94. The third kappa shape index (κ3) is 3.72. The van der Waals surface area contributed by atoms with Crippen LogP contribution in [-0.2, 0) is 12.8 Å². The Bertz CT molecular complexity index is 860. The molecule has 5 heteroatoms. The highest BCUT2D eigenvalue weighted by atomic mass is 16.4. The summed E-state index contributed by atoms with van der Waals surface area (Å²) in [7, 11) is 0. The first-order valence-corrected chi connectivity index (χ1v) is 9.72. The second-order valence-corrected chi connectivity index (χ2v) is 7.55. The number of aromatic nitrogens is 1. The smallest absolute Gasteiger partial charge is 0.335 e. The number of rotatable bonds is 3. The molecule has 0 radical (unpaired) electrons. The van der Waals surface area contributed by atoms with Gasteiger partial charge in [-0.15, -0.1) is 0 Å². The van der Waals surface area contributed by atoms with Crippen molar-refractivity contribution in [1.29, 1.82) is 0 Å². The van der Waals surface area contributed by atoms with Gasteiger partial charge in [0.15, 0.2) is 0 Å². The number of likely N-dealkylation sites (tertiary alicyclic amines) is 1. The molecule has 0 saturated carbocycles. The van der Waals surface area contributed by atoms with Gasteiger partial charge in [-0.05, 0) is 67.9 Å². The molecule has 1 N–H and O–H groups in total. The number of fused-ring (bicyclic) bond motifs is 1. The average Bonchev–Trinajstić information content (AvgIpc) is 2.73. The number of aryl methyl sites for hydroxylation is 2. The summed E-state index contributed by atoms with van der Waals surface area (Å²) >= 11 is 0. The van der Waals surface area contributed by atoms with Gasteiger partial charge in [0, 0.05) is 30.9 Å². The minimum Gasteiger partial charge on any atom is -0.478 e. The number of carboxylic acid groups (broad SMARTS) is 1. The molecule has 0 spiro atoms. The van der Waals surface area contributed by atoms with Crippen LogP contribution in [0.4, 0.5) is 0 Å². The van der Waals surface area contributed by atoms with Gasteiger partial charge in [0.05, 0.1) is 11.1 Å². The van der Waals surface area contributed by atoms with E-state index in [9.17, 15) is 9.59 Å². The van der Waals surface area contributed by atoms with Crippen molar-refractivity contribution in [2.24, 2.45) is 0 Å². The van der Waals surface area contributed by atoms with Gasteiger partial charge in [-0.2, -0.15) is 0 Å². The standard InChI is InChI=1S/C22H24N2O3/c25-21(19-12-17-4-1-2-6-20(17)23-13-19)24-11-3-5-18(14-24)15-7-9-16(10-8-15)22(26)27/h7-10,12-13,18H,1-6,11,14H2,(H,26,27)/t18-/m1/s1. The maximum atomic E-state index is 13.0. The SMILES string of the molecule is O=C(O)c1ccc([C@@H]2CCCN(C(=O)c3cnc4c(c3)CCCC4)C2)cc1. The Morgan fingerprint density at radius 3 is 2.59 bits per heavy atom. The predicted molar refractivity (Wildman–Crippen MR) is 102 cm³/mol. The summed E-state index contributed by atoms with van der Waals surface area (Å²) in [6, 6.07) is 9.08. The molecule has 1 aliphatic carbocycles. The number of piperidine rings is 1. The molecule has 1 aromatic carbocycles. The van der Waals surface area contributed by atoms with E-state index < -0.39 is 5.97 Å². The van der Waals surface area contributed by atoms with Crippen molar-refractivity contribution in [1.82, 2.24) is 9.88 Å². The van der Waals surface area contributed by atoms with E-state index in [0.29, 0.717) is 17.7 Å². The van der Waals surface area contributed by atoms with Crippen LogP contribution in [0.3, 0.4) is 0 Å². The number of aromatic carboxylic acids is 1. The van der Waals surface area contributed by atoms with Crippen molar-refractivity contribution in [2.75, 3.05) is 13.1 Å². The molecular weight excluding hydrogens is 340 g/mol. The lowest BCUT2D eigenvalue weighted by Gasteiger charge is -2.33. The van der Waals surface area contributed by atoms with Crippen molar-refractivity contribution in [3.05, 3.63) is 64.5 Å². The first-order chi connectivity index (χ1) is 13.1. The topological polar surface area (TPSA) is 70.5 Å². The van der Waals surface area contributed by atoms with E-state index in [-0.39, 0.29) is 11.8 Å². The third-order valence-electron chi connectivity index (χ3n) is 5.75. The van der Waals surface area contributed by atoms with E-state index in [4.69, 9.17) is 5.11 Å². The lowest BCUT2D eigenvalue weighted by molar-refractivity contribution is 0.0693. The molecule has 2 aliphatic rings. The van der Waals surface area contributed by atoms with Gasteiger partial charge in [-0.1, -0.05) is 12.1 Å². The molecule has 5 nitrogen and oxygen atoms in total. The minimum atomic E-state index is -0.915. The van der Waals surface area contributed by atoms with Gasteiger partial charge < -0.3 is 10.0 Å². The zero-order valence-corrected chi connectivity index (χ0v) is 15.4. The molecular formula is C22H24N2O3. The molecule has 4 rings (SSSR count). The minimum absolute atomic E-state index is 0.0581. The van der Waals surface area contributed by atoms with Gasteiger partial charge >= 0.3 is 5.97 Å². The van der Waals surface area contributed by atoms with Gasteiger partial charge in [-0.3, -0.25) is 9.78 Å². The van der Waals surface area contributed by atoms with Crippen LogP contribution in [0, 0.1) is 0 Å². The fourth-order valence-corrected chi connectivity index (χ4v) is 4.22. The summed E-state index contributed by atoms with van der Waals surface area (Å²) < 4.78 is 0. The van der Waals surface area contributed by atoms with E-state index in [2.05, 4.69) is 4.98 Å².